The molecule has 0 saturated carbocycles. The number of methoxy groups -OCH3 is 1. The molecule has 40 heavy (non-hydrogen) atoms. The van der Waals surface area contributed by atoms with E-state index in [1.54, 1.807) is 24.9 Å². The molecule has 0 aliphatic carbocycles. The molecule has 206 valence electrons. The summed E-state index contributed by atoms with van der Waals surface area (Å²) in [5, 5.41) is 7.40. The summed E-state index contributed by atoms with van der Waals surface area (Å²) in [7, 11) is 1.62. The molecule has 0 amide bonds. The number of anilines is 1. The van der Waals surface area contributed by atoms with Crippen molar-refractivity contribution in [3.05, 3.63) is 83.7 Å². The quantitative estimate of drug-likeness (QED) is 0.216. The summed E-state index contributed by atoms with van der Waals surface area (Å²) in [6.07, 6.45) is 1.77. The molecular weight excluding hydrogens is 511 g/mol. The van der Waals surface area contributed by atoms with Crippen LogP contribution in [0.5, 0.6) is 5.75 Å². The minimum absolute atomic E-state index is 0.0704. The van der Waals surface area contributed by atoms with Gasteiger partial charge in [-0.05, 0) is 59.3 Å². The lowest BCUT2D eigenvalue weighted by atomic mass is 9.97. The van der Waals surface area contributed by atoms with E-state index in [2.05, 4.69) is 10.1 Å². The van der Waals surface area contributed by atoms with Crippen LogP contribution in [-0.2, 0) is 40.4 Å². The number of aryl methyl sites for hydroxylation is 1. The average molecular weight is 543 g/mol. The molecule has 0 bridgehead atoms. The van der Waals surface area contributed by atoms with Crippen molar-refractivity contribution in [3.63, 3.8) is 0 Å². The number of halogens is 1. The number of rotatable bonds is 11. The summed E-state index contributed by atoms with van der Waals surface area (Å²) in [6.45, 7) is 2.20. The average Bonchev–Trinajstić information content (AvgIpc) is 3.29. The lowest BCUT2D eigenvalue weighted by Crippen LogP contribution is -2.10. The zero-order chi connectivity index (χ0) is 28.1. The summed E-state index contributed by atoms with van der Waals surface area (Å²) in [5.74, 6) is 0.685. The van der Waals surface area contributed by atoms with E-state index in [9.17, 15) is 9.18 Å². The Hall–Kier alpha value is -4.50. The SMILES string of the molecule is CCOC(=O)Cc1cc(COC)ccc1OCc1nn(CCF)c2ccc(-c3cccc4c(N)nccc34)cc12. The number of nitrogens with zero attached hydrogens (tertiary/aromatic N) is 3. The van der Waals surface area contributed by atoms with Gasteiger partial charge in [0.2, 0.25) is 0 Å². The molecule has 9 heteroatoms. The van der Waals surface area contributed by atoms with Gasteiger partial charge < -0.3 is 19.9 Å². The summed E-state index contributed by atoms with van der Waals surface area (Å²) in [6, 6.07) is 19.5. The fraction of sp³-hybridized carbons (Fsp3) is 0.258. The standard InChI is InChI=1S/C31H31FN4O4/c1-3-39-30(37)17-22-15-20(18-38-2)7-10-29(22)40-19-27-26-16-21(8-9-28(26)36(35-27)14-12-32)23-5-4-6-25-24(23)11-13-34-31(25)33/h4-11,13,15-16H,3,12,14,17-19H2,1-2H3,(H2,33,34). The summed E-state index contributed by atoms with van der Waals surface area (Å²) >= 11 is 0. The molecule has 8 nitrogen and oxygen atoms in total. The Morgan fingerprint density at radius 2 is 1.90 bits per heavy atom. The third kappa shape index (κ3) is 5.60. The Bertz CT molecular complexity index is 1670. The van der Waals surface area contributed by atoms with E-state index in [1.807, 2.05) is 60.7 Å². The Labute approximate surface area is 231 Å². The first-order chi connectivity index (χ1) is 19.5. The molecule has 0 radical (unpaired) electrons. The van der Waals surface area contributed by atoms with Crippen molar-refractivity contribution in [3.8, 4) is 16.9 Å². The van der Waals surface area contributed by atoms with Gasteiger partial charge in [0.1, 0.15) is 30.5 Å². The number of ether oxygens (including phenoxy) is 3. The number of fused-ring (bicyclic) bond motifs is 2. The number of carbonyl (C=O) groups is 1. The van der Waals surface area contributed by atoms with Gasteiger partial charge in [0.05, 0.1) is 31.7 Å². The van der Waals surface area contributed by atoms with Crippen LogP contribution in [0.15, 0.2) is 66.9 Å². The van der Waals surface area contributed by atoms with Crippen LogP contribution in [0.3, 0.4) is 0 Å². The third-order valence-electron chi connectivity index (χ3n) is 6.71. The van der Waals surface area contributed by atoms with Crippen molar-refractivity contribution in [1.82, 2.24) is 14.8 Å². The lowest BCUT2D eigenvalue weighted by molar-refractivity contribution is -0.142. The van der Waals surface area contributed by atoms with Crippen LogP contribution in [-0.4, -0.2) is 41.1 Å². The zero-order valence-electron chi connectivity index (χ0n) is 22.5. The van der Waals surface area contributed by atoms with Crippen LogP contribution in [0.1, 0.15) is 23.7 Å². The molecule has 0 aliphatic rings. The van der Waals surface area contributed by atoms with Gasteiger partial charge in [-0.25, -0.2) is 9.37 Å². The maximum absolute atomic E-state index is 13.4. The molecule has 3 aromatic carbocycles. The highest BCUT2D eigenvalue weighted by atomic mass is 19.1. The maximum atomic E-state index is 13.4. The van der Waals surface area contributed by atoms with E-state index < -0.39 is 6.67 Å². The first kappa shape index (κ1) is 27.1. The Balaban J connectivity index is 1.52. The van der Waals surface area contributed by atoms with Gasteiger partial charge in [-0.15, -0.1) is 0 Å². The van der Waals surface area contributed by atoms with Gasteiger partial charge in [-0.3, -0.25) is 9.48 Å². The van der Waals surface area contributed by atoms with Gasteiger partial charge >= 0.3 is 5.97 Å². The number of esters is 1. The zero-order valence-corrected chi connectivity index (χ0v) is 22.5. The van der Waals surface area contributed by atoms with Gasteiger partial charge in [-0.1, -0.05) is 30.3 Å². The van der Waals surface area contributed by atoms with E-state index in [0.29, 0.717) is 36.0 Å². The molecule has 5 aromatic rings. The minimum Gasteiger partial charge on any atom is -0.487 e. The van der Waals surface area contributed by atoms with Crippen molar-refractivity contribution >= 4 is 33.5 Å². The fourth-order valence-corrected chi connectivity index (χ4v) is 4.93. The van der Waals surface area contributed by atoms with E-state index >= 15 is 0 Å². The highest BCUT2D eigenvalue weighted by Crippen LogP contribution is 2.33. The maximum Gasteiger partial charge on any atom is 0.310 e. The molecule has 0 unspecified atom stereocenters. The van der Waals surface area contributed by atoms with E-state index in [-0.39, 0.29) is 25.5 Å². The number of hydrogen-bond donors (Lipinski definition) is 1. The van der Waals surface area contributed by atoms with Crippen molar-refractivity contribution in [2.24, 2.45) is 0 Å². The molecule has 2 heterocycles. The van der Waals surface area contributed by atoms with Crippen molar-refractivity contribution in [2.45, 2.75) is 33.1 Å². The van der Waals surface area contributed by atoms with E-state index in [4.69, 9.17) is 19.9 Å². The second-order valence-corrected chi connectivity index (χ2v) is 9.33. The van der Waals surface area contributed by atoms with Crippen LogP contribution >= 0.6 is 0 Å². The fourth-order valence-electron chi connectivity index (χ4n) is 4.93. The number of nitrogens with two attached hydrogens (primary N) is 1. The lowest BCUT2D eigenvalue weighted by Gasteiger charge is -2.13. The Morgan fingerprint density at radius 3 is 2.70 bits per heavy atom. The predicted octanol–water partition coefficient (Wildman–Crippen LogP) is 5.63. The van der Waals surface area contributed by atoms with Crippen LogP contribution in [0.25, 0.3) is 32.8 Å². The molecule has 0 atom stereocenters. The minimum atomic E-state index is -0.543. The van der Waals surface area contributed by atoms with Gasteiger partial charge in [0.15, 0.2) is 0 Å². The number of carbonyl (C=O) groups excluding carboxylic acids is 1. The first-order valence-electron chi connectivity index (χ1n) is 13.1. The molecule has 5 rings (SSSR count). The van der Waals surface area contributed by atoms with Crippen molar-refractivity contribution in [2.75, 3.05) is 26.1 Å². The summed E-state index contributed by atoms with van der Waals surface area (Å²) in [4.78, 5) is 16.5. The predicted molar refractivity (Wildman–Crippen MR) is 153 cm³/mol. The normalized spacial score (nSPS) is 11.3. The van der Waals surface area contributed by atoms with E-state index in [0.717, 1.165) is 38.4 Å². The van der Waals surface area contributed by atoms with Crippen LogP contribution in [0.2, 0.25) is 0 Å². The molecule has 0 aliphatic heterocycles. The highest BCUT2D eigenvalue weighted by Gasteiger charge is 2.16. The van der Waals surface area contributed by atoms with Gasteiger partial charge in [0.25, 0.3) is 0 Å². The number of hydrogen-bond acceptors (Lipinski definition) is 7. The number of benzene rings is 3. The van der Waals surface area contributed by atoms with Crippen LogP contribution in [0.4, 0.5) is 10.2 Å². The smallest absolute Gasteiger partial charge is 0.310 e. The van der Waals surface area contributed by atoms with Gasteiger partial charge in [-0.2, -0.15) is 5.10 Å². The monoisotopic (exact) mass is 542 g/mol. The molecule has 0 saturated heterocycles. The summed E-state index contributed by atoms with van der Waals surface area (Å²) in [5.41, 5.74) is 11.2. The molecule has 2 aromatic heterocycles. The van der Waals surface area contributed by atoms with Crippen molar-refractivity contribution in [1.29, 1.82) is 0 Å². The topological polar surface area (TPSA) is 101 Å². The molecule has 0 spiro atoms. The van der Waals surface area contributed by atoms with Crippen molar-refractivity contribution < 1.29 is 23.4 Å². The van der Waals surface area contributed by atoms with Gasteiger partial charge in [0, 0.05) is 29.6 Å². The Kier molecular flexibility index (Phi) is 8.21. The second-order valence-electron chi connectivity index (χ2n) is 9.33. The molecule has 0 fully saturated rings. The molecule has 2 N–H and O–H groups in total. The highest BCUT2D eigenvalue weighted by molar-refractivity contribution is 6.02. The second kappa shape index (κ2) is 12.1. The Morgan fingerprint density at radius 1 is 1.02 bits per heavy atom. The summed E-state index contributed by atoms with van der Waals surface area (Å²) < 4.78 is 31.7. The number of pyridine rings is 1. The third-order valence-corrected chi connectivity index (χ3v) is 6.71. The van der Waals surface area contributed by atoms with E-state index in [1.165, 1.54) is 0 Å². The number of nitrogen functional groups attached to an aromatic ring is 1. The molecular formula is C31H31FN4O4. The number of alkyl halides is 1. The first-order valence-corrected chi connectivity index (χ1v) is 13.1. The largest absolute Gasteiger partial charge is 0.487 e. The van der Waals surface area contributed by atoms with Crippen LogP contribution < -0.4 is 10.5 Å². The number of aromatic nitrogens is 3. The van der Waals surface area contributed by atoms with Crippen LogP contribution in [0, 0.1) is 0 Å².